The zero-order valence-corrected chi connectivity index (χ0v) is 15.2. The SMILES string of the molecule is N=C(c1cccc(N2CCCCC2)n1)c1cc(-c2cncs2)ncc1N. The Hall–Kier alpha value is -2.80. The number of nitrogens with two attached hydrogens (primary N) is 1. The van der Waals surface area contributed by atoms with E-state index in [1.54, 1.807) is 17.9 Å². The van der Waals surface area contributed by atoms with Crippen LogP contribution in [0.1, 0.15) is 30.5 Å². The van der Waals surface area contributed by atoms with Crippen LogP contribution in [-0.2, 0) is 0 Å². The van der Waals surface area contributed by atoms with Crippen molar-refractivity contribution in [2.75, 3.05) is 23.7 Å². The predicted molar refractivity (Wildman–Crippen MR) is 106 cm³/mol. The molecule has 1 saturated heterocycles. The third-order valence-corrected chi connectivity index (χ3v) is 5.36. The van der Waals surface area contributed by atoms with Crippen LogP contribution in [-0.4, -0.2) is 33.8 Å². The van der Waals surface area contributed by atoms with E-state index in [1.807, 2.05) is 24.3 Å². The van der Waals surface area contributed by atoms with Crippen molar-refractivity contribution in [2.45, 2.75) is 19.3 Å². The lowest BCUT2D eigenvalue weighted by atomic mass is 10.0. The molecule has 3 aromatic rings. The van der Waals surface area contributed by atoms with Gasteiger partial charge in [0.05, 0.1) is 39.4 Å². The fourth-order valence-electron chi connectivity index (χ4n) is 3.16. The molecule has 26 heavy (non-hydrogen) atoms. The van der Waals surface area contributed by atoms with Crippen LogP contribution in [0.5, 0.6) is 0 Å². The lowest BCUT2D eigenvalue weighted by Crippen LogP contribution is -2.30. The second-order valence-electron chi connectivity index (χ2n) is 6.33. The van der Waals surface area contributed by atoms with E-state index in [9.17, 15) is 0 Å². The lowest BCUT2D eigenvalue weighted by molar-refractivity contribution is 0.573. The number of rotatable bonds is 4. The molecule has 6 nitrogen and oxygen atoms in total. The van der Waals surface area contributed by atoms with E-state index in [4.69, 9.17) is 16.1 Å². The van der Waals surface area contributed by atoms with Crippen LogP contribution >= 0.6 is 11.3 Å². The molecule has 0 amide bonds. The molecular formula is C19H20N6S. The van der Waals surface area contributed by atoms with Crippen LogP contribution in [0.25, 0.3) is 10.6 Å². The number of aromatic nitrogens is 3. The number of piperidine rings is 1. The fraction of sp³-hybridized carbons (Fsp3) is 0.263. The average molecular weight is 364 g/mol. The van der Waals surface area contributed by atoms with Gasteiger partial charge in [0, 0.05) is 24.8 Å². The van der Waals surface area contributed by atoms with Crippen LogP contribution in [0, 0.1) is 5.41 Å². The first kappa shape index (κ1) is 16.7. The fourth-order valence-corrected chi connectivity index (χ4v) is 3.75. The summed E-state index contributed by atoms with van der Waals surface area (Å²) < 4.78 is 0. The highest BCUT2D eigenvalue weighted by atomic mass is 32.1. The first-order valence-corrected chi connectivity index (χ1v) is 9.56. The molecule has 0 unspecified atom stereocenters. The molecule has 1 aliphatic heterocycles. The molecule has 132 valence electrons. The Bertz CT molecular complexity index is 916. The highest BCUT2D eigenvalue weighted by Gasteiger charge is 2.16. The molecule has 0 aromatic carbocycles. The molecule has 0 atom stereocenters. The van der Waals surface area contributed by atoms with E-state index >= 15 is 0 Å². The second kappa shape index (κ2) is 7.21. The van der Waals surface area contributed by atoms with Crippen LogP contribution in [0.3, 0.4) is 0 Å². The zero-order chi connectivity index (χ0) is 17.9. The van der Waals surface area contributed by atoms with Gasteiger partial charge < -0.3 is 10.6 Å². The molecule has 3 N–H and O–H groups in total. The maximum atomic E-state index is 8.64. The third kappa shape index (κ3) is 3.30. The Kier molecular flexibility index (Phi) is 4.62. The Morgan fingerprint density at radius 1 is 1.15 bits per heavy atom. The predicted octanol–water partition coefficient (Wildman–Crippen LogP) is 3.59. The van der Waals surface area contributed by atoms with Gasteiger partial charge in [-0.1, -0.05) is 6.07 Å². The number of hydrogen-bond donors (Lipinski definition) is 2. The van der Waals surface area contributed by atoms with E-state index < -0.39 is 0 Å². The van der Waals surface area contributed by atoms with Gasteiger partial charge in [0.25, 0.3) is 0 Å². The third-order valence-electron chi connectivity index (χ3n) is 4.56. The van der Waals surface area contributed by atoms with Gasteiger partial charge in [-0.05, 0) is 37.5 Å². The Morgan fingerprint density at radius 2 is 2.00 bits per heavy atom. The summed E-state index contributed by atoms with van der Waals surface area (Å²) in [5, 5.41) is 8.64. The molecule has 1 aliphatic rings. The summed E-state index contributed by atoms with van der Waals surface area (Å²) in [6.45, 7) is 2.05. The monoisotopic (exact) mass is 364 g/mol. The van der Waals surface area contributed by atoms with E-state index in [1.165, 1.54) is 30.6 Å². The summed E-state index contributed by atoms with van der Waals surface area (Å²) in [6.07, 6.45) is 7.04. The molecule has 1 fully saturated rings. The molecule has 0 spiro atoms. The summed E-state index contributed by atoms with van der Waals surface area (Å²) in [5.41, 5.74) is 10.7. The highest BCUT2D eigenvalue weighted by molar-refractivity contribution is 7.13. The Balaban J connectivity index is 1.66. The first-order chi connectivity index (χ1) is 12.7. The van der Waals surface area contributed by atoms with Crippen molar-refractivity contribution < 1.29 is 0 Å². The van der Waals surface area contributed by atoms with Gasteiger partial charge in [-0.15, -0.1) is 11.3 Å². The maximum Gasteiger partial charge on any atom is 0.129 e. The van der Waals surface area contributed by atoms with Gasteiger partial charge in [0.15, 0.2) is 0 Å². The van der Waals surface area contributed by atoms with Crippen LogP contribution in [0.2, 0.25) is 0 Å². The van der Waals surface area contributed by atoms with Gasteiger partial charge in [0.2, 0.25) is 0 Å². The van der Waals surface area contributed by atoms with Crippen LogP contribution < -0.4 is 10.6 Å². The van der Waals surface area contributed by atoms with Crippen molar-refractivity contribution in [2.24, 2.45) is 0 Å². The largest absolute Gasteiger partial charge is 0.397 e. The minimum atomic E-state index is 0.314. The molecule has 0 radical (unpaired) electrons. The number of anilines is 2. The van der Waals surface area contributed by atoms with Gasteiger partial charge in [-0.2, -0.15) is 0 Å². The summed E-state index contributed by atoms with van der Waals surface area (Å²) in [4.78, 5) is 16.4. The van der Waals surface area contributed by atoms with Crippen molar-refractivity contribution in [3.05, 3.63) is 53.4 Å². The molecule has 4 rings (SSSR count). The number of hydrogen-bond acceptors (Lipinski definition) is 7. The van der Waals surface area contributed by atoms with Crippen molar-refractivity contribution in [1.29, 1.82) is 5.41 Å². The second-order valence-corrected chi connectivity index (χ2v) is 7.21. The molecule has 0 bridgehead atoms. The van der Waals surface area contributed by atoms with Gasteiger partial charge in [0.1, 0.15) is 5.82 Å². The number of pyridine rings is 2. The summed E-state index contributed by atoms with van der Waals surface area (Å²) in [7, 11) is 0. The molecule has 3 aromatic heterocycles. The number of nitrogen functional groups attached to an aromatic ring is 1. The van der Waals surface area contributed by atoms with Crippen molar-refractivity contribution in [1.82, 2.24) is 15.0 Å². The maximum absolute atomic E-state index is 8.64. The molecule has 7 heteroatoms. The van der Waals surface area contributed by atoms with Crippen molar-refractivity contribution in [3.63, 3.8) is 0 Å². The molecular weight excluding hydrogens is 344 g/mol. The summed E-state index contributed by atoms with van der Waals surface area (Å²) >= 11 is 1.51. The Morgan fingerprint density at radius 3 is 2.77 bits per heavy atom. The van der Waals surface area contributed by atoms with Gasteiger partial charge >= 0.3 is 0 Å². The van der Waals surface area contributed by atoms with Crippen molar-refractivity contribution >= 4 is 28.6 Å². The Labute approximate surface area is 156 Å². The topological polar surface area (TPSA) is 91.8 Å². The molecule has 4 heterocycles. The number of nitrogens with one attached hydrogen (secondary N) is 1. The molecule has 0 saturated carbocycles. The standard InChI is InChI=1S/C19H20N6S/c20-14-10-23-16(17-11-22-12-26-17)9-13(14)19(21)15-5-4-6-18(24-15)25-7-2-1-3-8-25/h4-6,9-12,21H,1-3,7-8,20H2. The number of thiazole rings is 1. The summed E-state index contributed by atoms with van der Waals surface area (Å²) in [6, 6.07) is 7.69. The lowest BCUT2D eigenvalue weighted by Gasteiger charge is -2.28. The minimum Gasteiger partial charge on any atom is -0.397 e. The molecule has 0 aliphatic carbocycles. The van der Waals surface area contributed by atoms with E-state index in [-0.39, 0.29) is 0 Å². The van der Waals surface area contributed by atoms with E-state index in [0.29, 0.717) is 22.7 Å². The van der Waals surface area contributed by atoms with Gasteiger partial charge in [-0.25, -0.2) is 4.98 Å². The minimum absolute atomic E-state index is 0.314. The van der Waals surface area contributed by atoms with Crippen LogP contribution in [0.15, 0.2) is 42.2 Å². The van der Waals surface area contributed by atoms with E-state index in [2.05, 4.69) is 14.9 Å². The van der Waals surface area contributed by atoms with Crippen molar-refractivity contribution in [3.8, 4) is 10.6 Å². The normalized spacial score (nSPS) is 14.4. The van der Waals surface area contributed by atoms with Crippen LogP contribution in [0.4, 0.5) is 11.5 Å². The van der Waals surface area contributed by atoms with E-state index in [0.717, 1.165) is 29.5 Å². The quantitative estimate of drug-likeness (QED) is 0.690. The summed E-state index contributed by atoms with van der Waals surface area (Å²) in [5.74, 6) is 0.933. The number of nitrogens with zero attached hydrogens (tertiary/aromatic N) is 4. The van der Waals surface area contributed by atoms with Gasteiger partial charge in [-0.3, -0.25) is 15.4 Å². The zero-order valence-electron chi connectivity index (χ0n) is 14.4. The average Bonchev–Trinajstić information content (AvgIpc) is 3.23. The first-order valence-electron chi connectivity index (χ1n) is 8.68. The highest BCUT2D eigenvalue weighted by Crippen LogP contribution is 2.26. The smallest absolute Gasteiger partial charge is 0.129 e.